The largest absolute Gasteiger partial charge is 0.387 e. The molecule has 2 bridgehead atoms. The predicted molar refractivity (Wildman–Crippen MR) is 159 cm³/mol. The summed E-state index contributed by atoms with van der Waals surface area (Å²) < 4.78 is 50.7. The first-order valence-electron chi connectivity index (χ1n) is 13.1. The summed E-state index contributed by atoms with van der Waals surface area (Å²) in [4.78, 5) is 41.9. The topological polar surface area (TPSA) is 279 Å². The van der Waals surface area contributed by atoms with Gasteiger partial charge in [0, 0.05) is 6.20 Å². The Balaban J connectivity index is 1.21. The highest BCUT2D eigenvalue weighted by Crippen LogP contribution is 2.58. The third kappa shape index (κ3) is 5.58. The van der Waals surface area contributed by atoms with Gasteiger partial charge < -0.3 is 45.1 Å². The summed E-state index contributed by atoms with van der Waals surface area (Å²) in [6, 6.07) is 1.63. The van der Waals surface area contributed by atoms with Gasteiger partial charge in [-0.1, -0.05) is 12.2 Å². The fourth-order valence-corrected chi connectivity index (χ4v) is 8.34. The smallest absolute Gasteiger partial charge is 0.386 e. The third-order valence-corrected chi connectivity index (χ3v) is 10.6. The average Bonchev–Trinajstić information content (AvgIpc) is 3.72. The van der Waals surface area contributed by atoms with Crippen LogP contribution in [0.25, 0.3) is 22.2 Å². The average molecular weight is 706 g/mol. The molecule has 7 rings (SSSR count). The molecule has 24 heteroatoms. The molecule has 0 aliphatic carbocycles. The predicted octanol–water partition coefficient (Wildman–Crippen LogP) is -0.683. The number of aliphatic hydroxyl groups is 2. The molecule has 45 heavy (non-hydrogen) atoms. The fourth-order valence-electron chi connectivity index (χ4n) is 5.44. The molecule has 0 radical (unpaired) electrons. The highest BCUT2D eigenvalue weighted by atomic mass is 32.7. The molecular formula is C21H25N9O11P2S2. The van der Waals surface area contributed by atoms with Crippen molar-refractivity contribution in [3.8, 4) is 0 Å². The number of thiol groups is 1. The molecular weight excluding hydrogens is 680 g/mol. The van der Waals surface area contributed by atoms with E-state index in [1.54, 1.807) is 12.3 Å². The molecule has 3 fully saturated rings. The number of nitrogens with one attached hydrogen (secondary N) is 1. The number of aromatic amines is 1. The normalized spacial score (nSPS) is 37.7. The molecule has 20 nitrogen and oxygen atoms in total. The molecule has 242 valence electrons. The minimum atomic E-state index is -4.35. The number of nitrogens with zero attached hydrogens (tertiary/aromatic N) is 6. The van der Waals surface area contributed by atoms with Gasteiger partial charge in [-0.15, -0.1) is 0 Å². The number of rotatable bonds is 2. The van der Waals surface area contributed by atoms with Crippen LogP contribution in [0.4, 0.5) is 11.8 Å². The van der Waals surface area contributed by atoms with E-state index in [0.717, 1.165) is 0 Å². The van der Waals surface area contributed by atoms with Gasteiger partial charge in [0.2, 0.25) is 5.95 Å². The van der Waals surface area contributed by atoms with Gasteiger partial charge >= 0.3 is 13.5 Å². The van der Waals surface area contributed by atoms with Crippen LogP contribution in [-0.4, -0.2) is 99.0 Å². The summed E-state index contributed by atoms with van der Waals surface area (Å²) in [6.45, 7) is -9.62. The zero-order valence-corrected chi connectivity index (χ0v) is 26.0. The Morgan fingerprint density at radius 2 is 1.76 bits per heavy atom. The number of hydrogen-bond acceptors (Lipinski definition) is 17. The van der Waals surface area contributed by atoms with Gasteiger partial charge in [-0.05, 0) is 17.9 Å². The summed E-state index contributed by atoms with van der Waals surface area (Å²) in [7, 11) is 0. The number of H-pyrrole nitrogens is 1. The molecule has 0 aromatic carbocycles. The van der Waals surface area contributed by atoms with Crippen LogP contribution in [0.2, 0.25) is 0 Å². The van der Waals surface area contributed by atoms with Crippen LogP contribution in [0, 0.1) is 0 Å². The van der Waals surface area contributed by atoms with E-state index in [1.807, 2.05) is 0 Å². The molecule has 3 saturated heterocycles. The third-order valence-electron chi connectivity index (χ3n) is 7.47. The standard InChI is InChI=1S/C21H25N9O11P2S2/c22-15-7-1-2-29(16(7)25-5-24-15)19-12(32)13-9(39-19)4-37-43(35,45)41-14-11(31)8(3-36-42(34,44)40-13)38-20(14)30-6-26-10-17(30)27-21(23)28-18(10)33/h1-2,5-6,8-9,11-14,19-20,31-32H,3-4H2,(H,34,44)(H,35,45)(H2,22,24,25)(H3,23,27,28,33)/t8-,9-,11?,12+,13?,14?,19-,20-,42?,43?/m1/s1. The van der Waals surface area contributed by atoms with Crippen LogP contribution >= 0.6 is 25.8 Å². The van der Waals surface area contributed by atoms with Crippen LogP contribution in [-0.2, 0) is 43.9 Å². The number of aromatic nitrogens is 7. The van der Waals surface area contributed by atoms with Gasteiger partial charge in [0.25, 0.3) is 5.56 Å². The van der Waals surface area contributed by atoms with E-state index in [2.05, 4.69) is 37.2 Å². The summed E-state index contributed by atoms with van der Waals surface area (Å²) >= 11 is 9.31. The van der Waals surface area contributed by atoms with E-state index in [4.69, 9.17) is 50.8 Å². The minimum absolute atomic E-state index is 0.0259. The molecule has 0 saturated carbocycles. The number of anilines is 2. The van der Waals surface area contributed by atoms with Crippen molar-refractivity contribution in [1.29, 1.82) is 0 Å². The van der Waals surface area contributed by atoms with Crippen molar-refractivity contribution >= 4 is 71.5 Å². The maximum Gasteiger partial charge on any atom is 0.386 e. The van der Waals surface area contributed by atoms with E-state index >= 15 is 0 Å². The highest BCUT2D eigenvalue weighted by molar-refractivity contribution is 8.44. The molecule has 3 aliphatic heterocycles. The van der Waals surface area contributed by atoms with E-state index in [0.29, 0.717) is 11.0 Å². The molecule has 8 N–H and O–H groups in total. The van der Waals surface area contributed by atoms with Crippen molar-refractivity contribution < 1.29 is 47.2 Å². The number of imidazole rings is 1. The second-order valence-corrected chi connectivity index (χ2v) is 15.9. The van der Waals surface area contributed by atoms with Crippen LogP contribution < -0.4 is 17.0 Å². The van der Waals surface area contributed by atoms with E-state index < -0.39 is 81.4 Å². The van der Waals surface area contributed by atoms with Crippen LogP contribution in [0.15, 0.2) is 29.7 Å². The number of aliphatic hydroxyl groups excluding tert-OH is 2. The van der Waals surface area contributed by atoms with Gasteiger partial charge in [-0.2, -0.15) is 4.98 Å². The first-order chi connectivity index (χ1) is 21.3. The van der Waals surface area contributed by atoms with E-state index in [9.17, 15) is 24.5 Å². The van der Waals surface area contributed by atoms with Gasteiger partial charge in [0.1, 0.15) is 54.4 Å². The summed E-state index contributed by atoms with van der Waals surface area (Å²) in [6.07, 6.45) is -6.78. The quantitative estimate of drug-likeness (QED) is 0.100. The van der Waals surface area contributed by atoms with Crippen LogP contribution in [0.1, 0.15) is 12.5 Å². The minimum Gasteiger partial charge on any atom is -0.387 e. The molecule has 4 aromatic rings. The Labute approximate surface area is 261 Å². The summed E-state index contributed by atoms with van der Waals surface area (Å²) in [5, 5.41) is 22.9. The lowest BCUT2D eigenvalue weighted by Crippen LogP contribution is -2.36. The first-order valence-corrected chi connectivity index (χ1v) is 18.4. The van der Waals surface area contributed by atoms with Crippen molar-refractivity contribution in [1.82, 2.24) is 34.1 Å². The molecule has 4 aromatic heterocycles. The molecule has 7 heterocycles. The van der Waals surface area contributed by atoms with Gasteiger partial charge in [0.05, 0.1) is 24.9 Å². The summed E-state index contributed by atoms with van der Waals surface area (Å²) in [5.74, 6) is -0.0167. The van der Waals surface area contributed by atoms with Crippen molar-refractivity contribution in [2.24, 2.45) is 0 Å². The molecule has 3 aliphatic rings. The number of ether oxygens (including phenoxy) is 2. The Bertz CT molecular complexity index is 1940. The lowest BCUT2D eigenvalue weighted by Gasteiger charge is -2.27. The SMILES string of the molecule is Nc1nc2c(ncn2[C@@H]2O[C@@H]3COP(O)(=S)OC4[C@@H](COP(=O)(S)OC2C3O)O[C@@H](n2ccc3c(N)ncnc32)[C@H]4O)c(=O)[nH]1. The van der Waals surface area contributed by atoms with Gasteiger partial charge in [-0.3, -0.25) is 27.9 Å². The molecule has 5 unspecified atom stereocenters. The monoisotopic (exact) mass is 705 g/mol. The van der Waals surface area contributed by atoms with Gasteiger partial charge in [0.15, 0.2) is 23.6 Å². The Morgan fingerprint density at radius 3 is 2.56 bits per heavy atom. The number of hydrogen-bond donors (Lipinski definition) is 7. The second-order valence-electron chi connectivity index (χ2n) is 10.3. The Hall–Kier alpha value is -2.56. The van der Waals surface area contributed by atoms with Crippen molar-refractivity contribution in [3.63, 3.8) is 0 Å². The highest BCUT2D eigenvalue weighted by Gasteiger charge is 2.53. The van der Waals surface area contributed by atoms with Crippen molar-refractivity contribution in [2.45, 2.75) is 49.1 Å². The summed E-state index contributed by atoms with van der Waals surface area (Å²) in [5.41, 5.74) is 11.2. The molecule has 0 amide bonds. The molecule has 0 spiro atoms. The van der Waals surface area contributed by atoms with Gasteiger partial charge in [-0.25, -0.2) is 19.5 Å². The number of fused-ring (bicyclic) bond motifs is 5. The number of nitrogens with two attached hydrogens (primary N) is 2. The fraction of sp³-hybridized carbons (Fsp3) is 0.476. The molecule has 10 atom stereocenters. The lowest BCUT2D eigenvalue weighted by atomic mass is 10.1. The van der Waals surface area contributed by atoms with Crippen molar-refractivity contribution in [3.05, 3.63) is 35.3 Å². The van der Waals surface area contributed by atoms with Crippen LogP contribution in [0.5, 0.6) is 0 Å². The van der Waals surface area contributed by atoms with E-state index in [1.165, 1.54) is 21.8 Å². The zero-order valence-electron chi connectivity index (χ0n) is 22.5. The van der Waals surface area contributed by atoms with Crippen LogP contribution in [0.3, 0.4) is 0 Å². The zero-order chi connectivity index (χ0) is 31.8. The van der Waals surface area contributed by atoms with Crippen molar-refractivity contribution in [2.75, 3.05) is 24.7 Å². The first kappa shape index (κ1) is 31.1. The van der Waals surface area contributed by atoms with E-state index in [-0.39, 0.29) is 22.9 Å². The maximum atomic E-state index is 13.5. The number of nitrogen functional groups attached to an aromatic ring is 2. The Morgan fingerprint density at radius 1 is 1.00 bits per heavy atom. The second kappa shape index (κ2) is 11.3. The lowest BCUT2D eigenvalue weighted by molar-refractivity contribution is -0.0587. The Kier molecular flexibility index (Phi) is 7.80. The maximum absolute atomic E-state index is 13.5.